The summed E-state index contributed by atoms with van der Waals surface area (Å²) >= 11 is 0. The predicted molar refractivity (Wildman–Crippen MR) is 76.1 cm³/mol. The van der Waals surface area contributed by atoms with Crippen LogP contribution in [0.25, 0.3) is 0 Å². The van der Waals surface area contributed by atoms with E-state index in [0.717, 1.165) is 0 Å². The second-order valence-electron chi connectivity index (χ2n) is 4.84. The Labute approximate surface area is 122 Å². The lowest BCUT2D eigenvalue weighted by atomic mass is 10.2. The molecule has 0 aromatic carbocycles. The van der Waals surface area contributed by atoms with Crippen LogP contribution in [0.2, 0.25) is 0 Å². The van der Waals surface area contributed by atoms with E-state index < -0.39 is 11.9 Å². The predicted octanol–water partition coefficient (Wildman–Crippen LogP) is 0.590. The Morgan fingerprint density at radius 1 is 1.19 bits per heavy atom. The van der Waals surface area contributed by atoms with E-state index in [1.54, 1.807) is 13.8 Å². The number of nitrogens with one attached hydrogen (secondary N) is 2. The van der Waals surface area contributed by atoms with Crippen LogP contribution in [0, 0.1) is 12.8 Å². The summed E-state index contributed by atoms with van der Waals surface area (Å²) in [5, 5.41) is 14.2. The van der Waals surface area contributed by atoms with Crippen LogP contribution < -0.4 is 10.6 Å². The molecule has 1 rings (SSSR count). The molecule has 1 heterocycles. The summed E-state index contributed by atoms with van der Waals surface area (Å²) in [6, 6.07) is 2.71. The molecule has 0 spiro atoms. The van der Waals surface area contributed by atoms with Crippen LogP contribution in [0.5, 0.6) is 0 Å². The second-order valence-corrected chi connectivity index (χ2v) is 4.84. The van der Waals surface area contributed by atoms with Gasteiger partial charge >= 0.3 is 5.97 Å². The maximum absolute atomic E-state index is 11.8. The van der Waals surface area contributed by atoms with Gasteiger partial charge in [0.1, 0.15) is 5.69 Å². The van der Waals surface area contributed by atoms with Crippen LogP contribution in [0.15, 0.2) is 12.1 Å². The summed E-state index contributed by atoms with van der Waals surface area (Å²) in [6.07, 6.45) is 0. The van der Waals surface area contributed by atoms with Crippen LogP contribution in [0.1, 0.15) is 40.4 Å². The number of aryl methyl sites for hydroxylation is 1. The maximum atomic E-state index is 11.8. The second kappa shape index (κ2) is 7.37. The first-order valence-corrected chi connectivity index (χ1v) is 6.59. The summed E-state index contributed by atoms with van der Waals surface area (Å²) in [6.45, 7) is 5.70. The van der Waals surface area contributed by atoms with Crippen molar-refractivity contribution in [2.75, 3.05) is 13.1 Å². The van der Waals surface area contributed by atoms with E-state index >= 15 is 0 Å². The number of hydrogen-bond donors (Lipinski definition) is 3. The molecule has 0 radical (unpaired) electrons. The number of carboxylic acids is 1. The SMILES string of the molecule is Cc1nc(C(=O)NCCNC(=O)C(C)C)ccc1C(=O)O. The lowest BCUT2D eigenvalue weighted by Crippen LogP contribution is -2.36. The number of amides is 2. The van der Waals surface area contributed by atoms with Gasteiger partial charge in [0.15, 0.2) is 0 Å². The van der Waals surface area contributed by atoms with Gasteiger partial charge in [0.2, 0.25) is 5.91 Å². The third kappa shape index (κ3) is 4.87. The van der Waals surface area contributed by atoms with Crippen molar-refractivity contribution >= 4 is 17.8 Å². The molecule has 0 fully saturated rings. The molecule has 0 unspecified atom stereocenters. The number of aromatic carboxylic acids is 1. The molecule has 0 atom stereocenters. The molecular formula is C14H19N3O4. The molecule has 3 N–H and O–H groups in total. The smallest absolute Gasteiger partial charge is 0.337 e. The third-order valence-electron chi connectivity index (χ3n) is 2.78. The van der Waals surface area contributed by atoms with Crippen LogP contribution in [0.4, 0.5) is 0 Å². The Morgan fingerprint density at radius 3 is 2.33 bits per heavy atom. The van der Waals surface area contributed by atoms with Crippen molar-refractivity contribution in [3.8, 4) is 0 Å². The van der Waals surface area contributed by atoms with E-state index in [0.29, 0.717) is 6.54 Å². The van der Waals surface area contributed by atoms with Crippen molar-refractivity contribution in [2.45, 2.75) is 20.8 Å². The molecule has 0 bridgehead atoms. The number of nitrogens with zero attached hydrogens (tertiary/aromatic N) is 1. The quantitative estimate of drug-likeness (QED) is 0.665. The molecule has 0 aliphatic rings. The summed E-state index contributed by atoms with van der Waals surface area (Å²) in [5.74, 6) is -1.67. The first-order valence-electron chi connectivity index (χ1n) is 6.59. The summed E-state index contributed by atoms with van der Waals surface area (Å²) in [5.41, 5.74) is 0.492. The van der Waals surface area contributed by atoms with Crippen molar-refractivity contribution < 1.29 is 19.5 Å². The summed E-state index contributed by atoms with van der Waals surface area (Å²) < 4.78 is 0. The summed E-state index contributed by atoms with van der Waals surface area (Å²) in [7, 11) is 0. The van der Waals surface area contributed by atoms with Gasteiger partial charge in [-0.2, -0.15) is 0 Å². The minimum Gasteiger partial charge on any atom is -0.478 e. The minimum atomic E-state index is -1.08. The molecule has 1 aromatic heterocycles. The van der Waals surface area contributed by atoms with E-state index in [1.165, 1.54) is 19.1 Å². The highest BCUT2D eigenvalue weighted by molar-refractivity contribution is 5.94. The molecule has 21 heavy (non-hydrogen) atoms. The van der Waals surface area contributed by atoms with Crippen LogP contribution in [0.3, 0.4) is 0 Å². The van der Waals surface area contributed by atoms with Gasteiger partial charge in [0.25, 0.3) is 5.91 Å². The van der Waals surface area contributed by atoms with Crippen LogP contribution in [-0.2, 0) is 4.79 Å². The van der Waals surface area contributed by atoms with E-state index in [4.69, 9.17) is 5.11 Å². The number of carbonyl (C=O) groups is 3. The van der Waals surface area contributed by atoms with Gasteiger partial charge < -0.3 is 15.7 Å². The first-order chi connectivity index (χ1) is 9.82. The normalized spacial score (nSPS) is 10.3. The Morgan fingerprint density at radius 2 is 1.81 bits per heavy atom. The fraction of sp³-hybridized carbons (Fsp3) is 0.429. The lowest BCUT2D eigenvalue weighted by Gasteiger charge is -2.09. The highest BCUT2D eigenvalue weighted by atomic mass is 16.4. The number of aromatic nitrogens is 1. The molecule has 1 aromatic rings. The molecule has 0 aliphatic heterocycles. The zero-order valence-corrected chi connectivity index (χ0v) is 12.3. The molecule has 7 heteroatoms. The summed E-state index contributed by atoms with van der Waals surface area (Å²) in [4.78, 5) is 37.9. The van der Waals surface area contributed by atoms with Crippen molar-refractivity contribution in [3.63, 3.8) is 0 Å². The average molecular weight is 293 g/mol. The van der Waals surface area contributed by atoms with Crippen molar-refractivity contribution in [1.82, 2.24) is 15.6 Å². The van der Waals surface area contributed by atoms with E-state index in [1.807, 2.05) is 0 Å². The zero-order valence-electron chi connectivity index (χ0n) is 12.3. The molecule has 114 valence electrons. The van der Waals surface area contributed by atoms with Gasteiger partial charge in [-0.05, 0) is 19.1 Å². The van der Waals surface area contributed by atoms with Crippen molar-refractivity contribution in [3.05, 3.63) is 29.1 Å². The van der Waals surface area contributed by atoms with Gasteiger partial charge in [-0.25, -0.2) is 9.78 Å². The van der Waals surface area contributed by atoms with Gasteiger partial charge in [-0.3, -0.25) is 9.59 Å². The Kier molecular flexibility index (Phi) is 5.83. The molecule has 7 nitrogen and oxygen atoms in total. The number of rotatable bonds is 6. The van der Waals surface area contributed by atoms with Crippen molar-refractivity contribution in [1.29, 1.82) is 0 Å². The fourth-order valence-corrected chi connectivity index (χ4v) is 1.57. The van der Waals surface area contributed by atoms with Gasteiger partial charge in [0.05, 0.1) is 11.3 Å². The maximum Gasteiger partial charge on any atom is 0.337 e. The number of hydrogen-bond acceptors (Lipinski definition) is 4. The number of carboxylic acid groups (broad SMARTS) is 1. The Bertz CT molecular complexity index is 555. The van der Waals surface area contributed by atoms with Gasteiger partial charge in [0, 0.05) is 19.0 Å². The topological polar surface area (TPSA) is 108 Å². The lowest BCUT2D eigenvalue weighted by molar-refractivity contribution is -0.123. The first kappa shape index (κ1) is 16.6. The molecule has 0 saturated carbocycles. The molecular weight excluding hydrogens is 274 g/mol. The molecule has 0 saturated heterocycles. The fourth-order valence-electron chi connectivity index (χ4n) is 1.57. The highest BCUT2D eigenvalue weighted by Crippen LogP contribution is 2.06. The number of carbonyl (C=O) groups excluding carboxylic acids is 2. The Hall–Kier alpha value is -2.44. The largest absolute Gasteiger partial charge is 0.478 e. The van der Waals surface area contributed by atoms with Crippen LogP contribution >= 0.6 is 0 Å². The van der Waals surface area contributed by atoms with Crippen LogP contribution in [-0.4, -0.2) is 41.0 Å². The van der Waals surface area contributed by atoms with E-state index in [-0.39, 0.29) is 35.3 Å². The Balaban J connectivity index is 2.51. The standard InChI is InChI=1S/C14H19N3O4/c1-8(2)12(18)15-6-7-16-13(19)11-5-4-10(14(20)21)9(3)17-11/h4-5,8H,6-7H2,1-3H3,(H,15,18)(H,16,19)(H,20,21). The molecule has 2 amide bonds. The van der Waals surface area contributed by atoms with Gasteiger partial charge in [-0.1, -0.05) is 13.8 Å². The van der Waals surface area contributed by atoms with E-state index in [9.17, 15) is 14.4 Å². The third-order valence-corrected chi connectivity index (χ3v) is 2.78. The van der Waals surface area contributed by atoms with E-state index in [2.05, 4.69) is 15.6 Å². The highest BCUT2D eigenvalue weighted by Gasteiger charge is 2.13. The molecule has 0 aliphatic carbocycles. The van der Waals surface area contributed by atoms with Gasteiger partial charge in [-0.15, -0.1) is 0 Å². The van der Waals surface area contributed by atoms with Crippen molar-refractivity contribution in [2.24, 2.45) is 5.92 Å². The minimum absolute atomic E-state index is 0.0655. The average Bonchev–Trinajstić information content (AvgIpc) is 2.42. The zero-order chi connectivity index (χ0) is 16.0. The number of pyridine rings is 1. The monoisotopic (exact) mass is 293 g/mol.